The fourth-order valence-electron chi connectivity index (χ4n) is 1.04. The molecule has 1 rings (SSSR count). The number of ether oxygens (including phenoxy) is 1. The maximum atomic E-state index is 11.4. The molecule has 0 saturated carbocycles. The van der Waals surface area contributed by atoms with Gasteiger partial charge in [0.15, 0.2) is 6.73 Å². The highest BCUT2D eigenvalue weighted by Gasteiger charge is 2.05. The van der Waals surface area contributed by atoms with Crippen molar-refractivity contribution in [2.75, 3.05) is 6.73 Å². The zero-order valence-electron chi connectivity index (χ0n) is 8.97. The normalized spacial score (nSPS) is 10.1. The van der Waals surface area contributed by atoms with E-state index in [0.29, 0.717) is 5.56 Å². The Kier molecular flexibility index (Phi) is 4.79. The lowest BCUT2D eigenvalue weighted by molar-refractivity contribution is -0.117. The van der Waals surface area contributed by atoms with Gasteiger partial charge >= 0.3 is 5.97 Å². The molecule has 0 aliphatic carbocycles. The predicted molar refractivity (Wildman–Crippen MR) is 59.7 cm³/mol. The average Bonchev–Trinajstić information content (AvgIpc) is 2.30. The van der Waals surface area contributed by atoms with Gasteiger partial charge in [-0.1, -0.05) is 24.3 Å². The van der Waals surface area contributed by atoms with E-state index in [1.54, 1.807) is 37.3 Å². The van der Waals surface area contributed by atoms with Crippen molar-refractivity contribution in [2.45, 2.75) is 6.92 Å². The molecule has 0 aliphatic rings. The van der Waals surface area contributed by atoms with Gasteiger partial charge in [0.05, 0.1) is 5.56 Å². The number of carbonyl (C=O) groups excluding carboxylic acids is 2. The van der Waals surface area contributed by atoms with Crippen LogP contribution in [0.15, 0.2) is 42.5 Å². The van der Waals surface area contributed by atoms with E-state index < -0.39 is 5.97 Å². The van der Waals surface area contributed by atoms with Crippen molar-refractivity contribution in [3.8, 4) is 0 Å². The van der Waals surface area contributed by atoms with Crippen LogP contribution >= 0.6 is 0 Å². The van der Waals surface area contributed by atoms with Crippen molar-refractivity contribution in [3.05, 3.63) is 48.0 Å². The van der Waals surface area contributed by atoms with Crippen molar-refractivity contribution in [1.29, 1.82) is 0 Å². The molecule has 0 atom stereocenters. The fraction of sp³-hybridized carbons (Fsp3) is 0.167. The molecule has 0 spiro atoms. The number of rotatable bonds is 4. The molecule has 0 aromatic heterocycles. The minimum absolute atomic E-state index is 0.128. The van der Waals surface area contributed by atoms with Gasteiger partial charge in [0.1, 0.15) is 0 Å². The standard InChI is InChI=1S/C12H13NO3/c1-2-6-11(14)13-9-16-12(15)10-7-4-3-5-8-10/h2-8H,9H2,1H3,(H,13,14)/b6-2-. The van der Waals surface area contributed by atoms with Crippen LogP contribution in [0.1, 0.15) is 17.3 Å². The van der Waals surface area contributed by atoms with Crippen LogP contribution in [0.4, 0.5) is 0 Å². The Bertz CT molecular complexity index is 385. The third kappa shape index (κ3) is 3.96. The third-order valence-electron chi connectivity index (χ3n) is 1.78. The summed E-state index contributed by atoms with van der Waals surface area (Å²) in [4.78, 5) is 22.4. The smallest absolute Gasteiger partial charge is 0.339 e. The summed E-state index contributed by atoms with van der Waals surface area (Å²) in [7, 11) is 0. The second-order valence-electron chi connectivity index (χ2n) is 2.98. The number of nitrogens with one attached hydrogen (secondary N) is 1. The van der Waals surface area contributed by atoms with Gasteiger partial charge in [-0.3, -0.25) is 4.79 Å². The number of allylic oxidation sites excluding steroid dienone is 1. The van der Waals surface area contributed by atoms with E-state index >= 15 is 0 Å². The maximum Gasteiger partial charge on any atom is 0.339 e. The Morgan fingerprint density at radius 3 is 2.62 bits per heavy atom. The first-order valence-electron chi connectivity index (χ1n) is 4.86. The molecule has 84 valence electrons. The summed E-state index contributed by atoms with van der Waals surface area (Å²) in [6.07, 6.45) is 2.96. The lowest BCUT2D eigenvalue weighted by Crippen LogP contribution is -2.25. The highest BCUT2D eigenvalue weighted by molar-refractivity contribution is 5.90. The summed E-state index contributed by atoms with van der Waals surface area (Å²) >= 11 is 0. The molecule has 1 amide bonds. The van der Waals surface area contributed by atoms with E-state index in [-0.39, 0.29) is 12.6 Å². The first kappa shape index (κ1) is 12.0. The van der Waals surface area contributed by atoms with Crippen molar-refractivity contribution in [2.24, 2.45) is 0 Å². The lowest BCUT2D eigenvalue weighted by atomic mass is 10.2. The molecule has 0 heterocycles. The van der Waals surface area contributed by atoms with Crippen molar-refractivity contribution >= 4 is 11.9 Å². The third-order valence-corrected chi connectivity index (χ3v) is 1.78. The van der Waals surface area contributed by atoms with Gasteiger partial charge in [-0.25, -0.2) is 4.79 Å². The number of hydrogen-bond donors (Lipinski definition) is 1. The molecular weight excluding hydrogens is 206 g/mol. The van der Waals surface area contributed by atoms with Crippen molar-refractivity contribution < 1.29 is 14.3 Å². The van der Waals surface area contributed by atoms with Crippen LogP contribution in [-0.4, -0.2) is 18.6 Å². The van der Waals surface area contributed by atoms with Crippen LogP contribution in [0.25, 0.3) is 0 Å². The summed E-state index contributed by atoms with van der Waals surface area (Å²) < 4.78 is 4.84. The number of carbonyl (C=O) groups is 2. The minimum Gasteiger partial charge on any atom is -0.441 e. The Morgan fingerprint density at radius 1 is 1.31 bits per heavy atom. The summed E-state index contributed by atoms with van der Waals surface area (Å²) in [6, 6.07) is 8.60. The molecule has 1 aromatic carbocycles. The zero-order valence-corrected chi connectivity index (χ0v) is 8.97. The summed E-state index contributed by atoms with van der Waals surface area (Å²) in [5.41, 5.74) is 0.461. The molecule has 0 fully saturated rings. The SMILES string of the molecule is C/C=C\C(=O)NCOC(=O)c1ccccc1. The Hall–Kier alpha value is -2.10. The molecule has 0 saturated heterocycles. The highest BCUT2D eigenvalue weighted by Crippen LogP contribution is 1.99. The first-order chi connectivity index (χ1) is 7.74. The van der Waals surface area contributed by atoms with Gasteiger partial charge < -0.3 is 10.1 Å². The van der Waals surface area contributed by atoms with E-state index in [4.69, 9.17) is 4.74 Å². The van der Waals surface area contributed by atoms with Crippen molar-refractivity contribution in [3.63, 3.8) is 0 Å². The van der Waals surface area contributed by atoms with Crippen LogP contribution < -0.4 is 5.32 Å². The van der Waals surface area contributed by atoms with Gasteiger partial charge in [-0.2, -0.15) is 0 Å². The quantitative estimate of drug-likeness (QED) is 0.474. The van der Waals surface area contributed by atoms with Gasteiger partial charge in [0.2, 0.25) is 5.91 Å². The Morgan fingerprint density at radius 2 is 2.00 bits per heavy atom. The molecule has 0 aliphatic heterocycles. The van der Waals surface area contributed by atoms with Gasteiger partial charge in [-0.05, 0) is 25.1 Å². The highest BCUT2D eigenvalue weighted by atomic mass is 16.5. The van der Waals surface area contributed by atoms with E-state index in [1.807, 2.05) is 6.07 Å². The molecule has 4 heteroatoms. The van der Waals surface area contributed by atoms with E-state index in [1.165, 1.54) is 6.08 Å². The fourth-order valence-corrected chi connectivity index (χ4v) is 1.04. The second kappa shape index (κ2) is 6.40. The van der Waals surface area contributed by atoms with Gasteiger partial charge in [0.25, 0.3) is 0 Å². The van der Waals surface area contributed by atoms with E-state index in [9.17, 15) is 9.59 Å². The van der Waals surface area contributed by atoms with E-state index in [2.05, 4.69) is 5.32 Å². The Balaban J connectivity index is 2.34. The van der Waals surface area contributed by atoms with Crippen LogP contribution in [-0.2, 0) is 9.53 Å². The molecular formula is C12H13NO3. The largest absolute Gasteiger partial charge is 0.441 e. The predicted octanol–water partition coefficient (Wildman–Crippen LogP) is 1.49. The average molecular weight is 219 g/mol. The number of amides is 1. The molecule has 0 radical (unpaired) electrons. The molecule has 0 unspecified atom stereocenters. The van der Waals surface area contributed by atoms with Crippen LogP contribution in [0, 0.1) is 0 Å². The number of esters is 1. The molecule has 16 heavy (non-hydrogen) atoms. The van der Waals surface area contributed by atoms with Crippen LogP contribution in [0.2, 0.25) is 0 Å². The first-order valence-corrected chi connectivity index (χ1v) is 4.86. The zero-order chi connectivity index (χ0) is 11.8. The second-order valence-corrected chi connectivity index (χ2v) is 2.98. The minimum atomic E-state index is -0.457. The molecule has 4 nitrogen and oxygen atoms in total. The summed E-state index contributed by atoms with van der Waals surface area (Å²) in [5.74, 6) is -0.746. The monoisotopic (exact) mass is 219 g/mol. The Labute approximate surface area is 93.9 Å². The van der Waals surface area contributed by atoms with Crippen molar-refractivity contribution in [1.82, 2.24) is 5.32 Å². The topological polar surface area (TPSA) is 55.4 Å². The maximum absolute atomic E-state index is 11.4. The lowest BCUT2D eigenvalue weighted by Gasteiger charge is -2.04. The molecule has 1 aromatic rings. The van der Waals surface area contributed by atoms with Crippen LogP contribution in [0.3, 0.4) is 0 Å². The summed E-state index contributed by atoms with van der Waals surface area (Å²) in [5, 5.41) is 2.42. The van der Waals surface area contributed by atoms with Crippen LogP contribution in [0.5, 0.6) is 0 Å². The number of hydrogen-bond acceptors (Lipinski definition) is 3. The van der Waals surface area contributed by atoms with Gasteiger partial charge in [0, 0.05) is 0 Å². The summed E-state index contributed by atoms with van der Waals surface area (Å²) in [6.45, 7) is 1.60. The number of benzene rings is 1. The molecule has 0 bridgehead atoms. The molecule has 1 N–H and O–H groups in total. The van der Waals surface area contributed by atoms with Gasteiger partial charge in [-0.15, -0.1) is 0 Å². The van der Waals surface area contributed by atoms with E-state index in [0.717, 1.165) is 0 Å².